The van der Waals surface area contributed by atoms with Gasteiger partial charge in [-0.1, -0.05) is 67.7 Å². The highest BCUT2D eigenvalue weighted by molar-refractivity contribution is 8.26. The number of hydrogen-bond donors (Lipinski definition) is 1. The fraction of sp³-hybridized carbons (Fsp3) is 0.286. The van der Waals surface area contributed by atoms with Crippen molar-refractivity contribution in [3.8, 4) is 16.9 Å². The quantitative estimate of drug-likeness (QED) is 0.114. The molecular weight excluding hydrogens is 523 g/mol. The summed E-state index contributed by atoms with van der Waals surface area (Å²) >= 11 is 8.63. The van der Waals surface area contributed by atoms with Gasteiger partial charge in [0.1, 0.15) is 4.32 Å². The van der Waals surface area contributed by atoms with E-state index in [0.29, 0.717) is 28.6 Å². The smallest absolute Gasteiger partial charge is 0.303 e. The third-order valence-electron chi connectivity index (χ3n) is 5.80. The second kappa shape index (κ2) is 13.1. The van der Waals surface area contributed by atoms with Gasteiger partial charge in [0.15, 0.2) is 0 Å². The van der Waals surface area contributed by atoms with E-state index in [1.165, 1.54) is 16.7 Å². The molecule has 0 radical (unpaired) electrons. The minimum absolute atomic E-state index is 0.113. The lowest BCUT2D eigenvalue weighted by Crippen LogP contribution is -2.29. The zero-order chi connectivity index (χ0) is 26.2. The number of carboxylic acid groups (broad SMARTS) is 1. The fourth-order valence-corrected chi connectivity index (χ4v) is 5.98. The Morgan fingerprint density at radius 1 is 1.11 bits per heavy atom. The highest BCUT2D eigenvalue weighted by Gasteiger charge is 2.32. The molecule has 1 aromatic heterocycles. The predicted octanol–water partition coefficient (Wildman–Crippen LogP) is 6.89. The third-order valence-corrected chi connectivity index (χ3v) is 8.39. The average molecular weight is 552 g/mol. The van der Waals surface area contributed by atoms with Crippen LogP contribution in [0.4, 0.5) is 0 Å². The molecule has 0 bridgehead atoms. The van der Waals surface area contributed by atoms with E-state index in [-0.39, 0.29) is 12.3 Å². The maximum atomic E-state index is 13.2. The Balaban J connectivity index is 1.58. The maximum Gasteiger partial charge on any atom is 0.303 e. The molecule has 1 aliphatic heterocycles. The fourth-order valence-electron chi connectivity index (χ4n) is 3.92. The molecule has 6 nitrogen and oxygen atoms in total. The molecule has 1 aliphatic rings. The molecule has 0 aliphatic carbocycles. The summed E-state index contributed by atoms with van der Waals surface area (Å²) in [6.07, 6.45) is 7.14. The average Bonchev–Trinajstić information content (AvgIpc) is 3.44. The zero-order valence-corrected chi connectivity index (χ0v) is 23.1. The van der Waals surface area contributed by atoms with Crippen molar-refractivity contribution in [3.63, 3.8) is 0 Å². The van der Waals surface area contributed by atoms with E-state index < -0.39 is 5.97 Å². The Kier molecular flexibility index (Phi) is 9.60. The number of thioether (sulfide) groups is 2. The van der Waals surface area contributed by atoms with Crippen LogP contribution in [0.2, 0.25) is 0 Å². The molecule has 192 valence electrons. The lowest BCUT2D eigenvalue weighted by molar-refractivity contribution is -0.137. The summed E-state index contributed by atoms with van der Waals surface area (Å²) in [5.74, 6) is 0.168. The largest absolute Gasteiger partial charge is 0.481 e. The summed E-state index contributed by atoms with van der Waals surface area (Å²) in [4.78, 5) is 27.3. The Hall–Kier alpha value is -2.88. The van der Waals surface area contributed by atoms with Gasteiger partial charge in [-0.2, -0.15) is 5.10 Å². The zero-order valence-electron chi connectivity index (χ0n) is 20.6. The minimum Gasteiger partial charge on any atom is -0.481 e. The van der Waals surface area contributed by atoms with Gasteiger partial charge in [0.05, 0.1) is 16.3 Å². The molecule has 2 heterocycles. The Labute approximate surface area is 231 Å². The number of unbranched alkanes of at least 4 members (excludes halogenated alkanes) is 2. The molecule has 9 heteroatoms. The predicted molar refractivity (Wildman–Crippen MR) is 156 cm³/mol. The van der Waals surface area contributed by atoms with E-state index in [1.807, 2.05) is 59.0 Å². The summed E-state index contributed by atoms with van der Waals surface area (Å²) in [6.45, 7) is 2.67. The van der Waals surface area contributed by atoms with Gasteiger partial charge in [-0.15, -0.1) is 11.8 Å². The van der Waals surface area contributed by atoms with Gasteiger partial charge < -0.3 is 5.11 Å². The van der Waals surface area contributed by atoms with Crippen molar-refractivity contribution in [2.45, 2.75) is 43.9 Å². The number of amides is 1. The molecule has 37 heavy (non-hydrogen) atoms. The van der Waals surface area contributed by atoms with Gasteiger partial charge in [0.2, 0.25) is 0 Å². The molecular formula is C28H29N3O3S3. The van der Waals surface area contributed by atoms with Crippen LogP contribution in [0.1, 0.15) is 44.6 Å². The molecule has 1 saturated heterocycles. The summed E-state index contributed by atoms with van der Waals surface area (Å²) in [5.41, 5.74) is 3.57. The monoisotopic (exact) mass is 551 g/mol. The van der Waals surface area contributed by atoms with E-state index in [2.05, 4.69) is 31.2 Å². The number of benzene rings is 2. The number of carboxylic acids is 1. The van der Waals surface area contributed by atoms with Crippen LogP contribution in [0, 0.1) is 0 Å². The maximum absolute atomic E-state index is 13.2. The standard InChI is InChI=1S/C28H29N3O3S3/c1-2-17-36-23-14-12-20(13-15-23)26-21(19-31(29-26)22-9-5-3-6-10-22)18-24-27(34)30(28(35)37-24)16-8-4-7-11-25(32)33/h3,5-6,9-10,12-15,18-19H,2,4,7-8,11,16-17H2,1H3,(H,32,33). The van der Waals surface area contributed by atoms with Crippen LogP contribution in [0.25, 0.3) is 23.0 Å². The summed E-state index contributed by atoms with van der Waals surface area (Å²) < 4.78 is 2.37. The number of aromatic nitrogens is 2. The number of carbonyl (C=O) groups is 2. The Bertz CT molecular complexity index is 1290. The molecule has 0 spiro atoms. The number of aliphatic carboxylic acids is 1. The number of nitrogens with zero attached hydrogens (tertiary/aromatic N) is 3. The topological polar surface area (TPSA) is 75.4 Å². The minimum atomic E-state index is -0.797. The number of carbonyl (C=O) groups excluding carboxylic acids is 1. The van der Waals surface area contributed by atoms with Gasteiger partial charge >= 0.3 is 5.97 Å². The van der Waals surface area contributed by atoms with Gasteiger partial charge in [-0.3, -0.25) is 14.5 Å². The van der Waals surface area contributed by atoms with Crippen molar-refractivity contribution in [1.82, 2.24) is 14.7 Å². The first-order valence-electron chi connectivity index (χ1n) is 12.3. The van der Waals surface area contributed by atoms with E-state index in [4.69, 9.17) is 22.4 Å². The number of rotatable bonds is 12. The van der Waals surface area contributed by atoms with Crippen LogP contribution >= 0.6 is 35.7 Å². The highest BCUT2D eigenvalue weighted by Crippen LogP contribution is 2.35. The summed E-state index contributed by atoms with van der Waals surface area (Å²) in [5, 5.41) is 13.7. The van der Waals surface area contributed by atoms with Crippen LogP contribution < -0.4 is 0 Å². The van der Waals surface area contributed by atoms with Gasteiger partial charge in [0, 0.05) is 35.2 Å². The van der Waals surface area contributed by atoms with Gasteiger partial charge in [-0.25, -0.2) is 4.68 Å². The van der Waals surface area contributed by atoms with Crippen LogP contribution in [0.5, 0.6) is 0 Å². The van der Waals surface area contributed by atoms with Gasteiger partial charge in [-0.05, 0) is 55.4 Å². The molecule has 1 amide bonds. The molecule has 1 N–H and O–H groups in total. The van der Waals surface area contributed by atoms with E-state index in [9.17, 15) is 9.59 Å². The second-order valence-electron chi connectivity index (χ2n) is 8.62. The van der Waals surface area contributed by atoms with E-state index in [0.717, 1.165) is 41.1 Å². The van der Waals surface area contributed by atoms with Crippen molar-refractivity contribution in [2.75, 3.05) is 12.3 Å². The molecule has 1 fully saturated rings. The Morgan fingerprint density at radius 2 is 1.86 bits per heavy atom. The van der Waals surface area contributed by atoms with Crippen LogP contribution in [0.3, 0.4) is 0 Å². The van der Waals surface area contributed by atoms with Crippen LogP contribution in [-0.2, 0) is 9.59 Å². The van der Waals surface area contributed by atoms with Gasteiger partial charge in [0.25, 0.3) is 5.91 Å². The summed E-state index contributed by atoms with van der Waals surface area (Å²) in [7, 11) is 0. The van der Waals surface area contributed by atoms with E-state index in [1.54, 1.807) is 4.90 Å². The number of hydrogen-bond acceptors (Lipinski definition) is 6. The lowest BCUT2D eigenvalue weighted by atomic mass is 10.1. The van der Waals surface area contributed by atoms with Crippen molar-refractivity contribution in [3.05, 3.63) is 71.3 Å². The molecule has 0 atom stereocenters. The first-order valence-corrected chi connectivity index (χ1v) is 14.5. The Morgan fingerprint density at radius 3 is 2.57 bits per heavy atom. The van der Waals surface area contributed by atoms with Crippen molar-refractivity contribution in [1.29, 1.82) is 0 Å². The highest BCUT2D eigenvalue weighted by atomic mass is 32.2. The van der Waals surface area contributed by atoms with Crippen LogP contribution in [-0.4, -0.2) is 48.3 Å². The van der Waals surface area contributed by atoms with E-state index >= 15 is 0 Å². The van der Waals surface area contributed by atoms with Crippen molar-refractivity contribution in [2.24, 2.45) is 0 Å². The third kappa shape index (κ3) is 7.12. The van der Waals surface area contributed by atoms with Crippen LogP contribution in [0.15, 0.2) is 70.6 Å². The molecule has 2 aromatic carbocycles. The second-order valence-corrected chi connectivity index (χ2v) is 11.5. The molecule has 0 saturated carbocycles. The summed E-state index contributed by atoms with van der Waals surface area (Å²) in [6, 6.07) is 18.3. The lowest BCUT2D eigenvalue weighted by Gasteiger charge is -2.13. The molecule has 4 rings (SSSR count). The SMILES string of the molecule is CCCSc1ccc(-c2nn(-c3ccccc3)cc2C=C2SC(=S)N(CCCCCC(=O)O)C2=O)cc1. The molecule has 0 unspecified atom stereocenters. The number of thiocarbonyl (C=S) groups is 1. The van der Waals surface area contributed by atoms with Crippen molar-refractivity contribution < 1.29 is 14.7 Å². The first-order chi connectivity index (χ1) is 18.0. The van der Waals surface area contributed by atoms with Crippen molar-refractivity contribution >= 4 is 58.0 Å². The number of para-hydroxylation sites is 1. The molecule has 3 aromatic rings. The normalized spacial score (nSPS) is 14.6. The first kappa shape index (κ1) is 27.2.